The number of rotatable bonds is 11. The van der Waals surface area contributed by atoms with Crippen molar-refractivity contribution in [2.45, 2.75) is 31.3 Å². The number of carbonyl (C=O) groups is 3. The van der Waals surface area contributed by atoms with Crippen LogP contribution in [0, 0.1) is 0 Å². The Balaban J connectivity index is 0.000000333. The van der Waals surface area contributed by atoms with Crippen molar-refractivity contribution in [1.82, 2.24) is 4.90 Å². The minimum Gasteiger partial charge on any atom is -0.542 e. The molecule has 272 valence electrons. The maximum atomic E-state index is 12.4. The third kappa shape index (κ3) is 10.4. The predicted molar refractivity (Wildman–Crippen MR) is 182 cm³/mol. The number of likely N-dealkylation sites (tertiary alicyclic amines) is 1. The van der Waals surface area contributed by atoms with Gasteiger partial charge < -0.3 is 52.9 Å². The fourth-order valence-corrected chi connectivity index (χ4v) is 5.86. The van der Waals surface area contributed by atoms with E-state index in [0.29, 0.717) is 6.61 Å². The first-order valence-corrected chi connectivity index (χ1v) is 16.3. The van der Waals surface area contributed by atoms with Gasteiger partial charge in [0, 0.05) is 12.1 Å². The first-order valence-electron chi connectivity index (χ1n) is 16.3. The second-order valence-corrected chi connectivity index (χ2v) is 12.0. The van der Waals surface area contributed by atoms with E-state index in [1.165, 1.54) is 36.4 Å². The van der Waals surface area contributed by atoms with Crippen LogP contribution in [0.1, 0.15) is 46.4 Å². The number of hydrogen-bond acceptors (Lipinski definition) is 14. The summed E-state index contributed by atoms with van der Waals surface area (Å²) in [5.41, 5.74) is -0.747. The van der Waals surface area contributed by atoms with Crippen molar-refractivity contribution in [3.05, 3.63) is 116 Å². The molecule has 1 saturated heterocycles. The monoisotopic (exact) mass is 759 g/mol. The van der Waals surface area contributed by atoms with Gasteiger partial charge in [0.2, 0.25) is 0 Å². The Kier molecular flexibility index (Phi) is 16.5. The molecule has 0 saturated carbocycles. The van der Waals surface area contributed by atoms with Crippen LogP contribution in [0.25, 0.3) is 21.9 Å². The minimum absolute atomic E-state index is 0. The summed E-state index contributed by atoms with van der Waals surface area (Å²) in [5, 5.41) is 32.1. The van der Waals surface area contributed by atoms with E-state index in [9.17, 15) is 39.3 Å². The van der Waals surface area contributed by atoms with Crippen molar-refractivity contribution < 1.29 is 112 Å². The van der Waals surface area contributed by atoms with E-state index in [4.69, 9.17) is 23.0 Å². The van der Waals surface area contributed by atoms with Crippen molar-refractivity contribution in [2.24, 2.45) is 0 Å². The molecular weight excluding hydrogens is 724 g/mol. The summed E-state index contributed by atoms with van der Waals surface area (Å²) in [6, 6.07) is 20.2. The fourth-order valence-electron chi connectivity index (χ4n) is 5.86. The van der Waals surface area contributed by atoms with Crippen molar-refractivity contribution in [3.63, 3.8) is 0 Å². The Bertz CT molecular complexity index is 2080. The van der Waals surface area contributed by atoms with Gasteiger partial charge in [0.05, 0.1) is 12.0 Å². The first-order chi connectivity index (χ1) is 24.9. The molecule has 0 atom stereocenters. The molecule has 54 heavy (non-hydrogen) atoms. The topological polar surface area (TPSA) is 209 Å². The SMILES string of the molecule is CCOC(=O)C1(c2ccccc2)CCN(C)CC1.O=C([O-])c1cc(=O)c2c(OCC(O)COc3cccc4oc(C(=O)[O-])cc(=O)c34)cccc2o1.[Na+].[Na+]. The fraction of sp³-hybridized carbons (Fsp3) is 0.289. The third-order valence-electron chi connectivity index (χ3n) is 8.53. The summed E-state index contributed by atoms with van der Waals surface area (Å²) in [6.45, 7) is 3.54. The summed E-state index contributed by atoms with van der Waals surface area (Å²) in [4.78, 5) is 61.2. The number of aliphatic hydroxyl groups is 1. The summed E-state index contributed by atoms with van der Waals surface area (Å²) in [7, 11) is 2.10. The summed E-state index contributed by atoms with van der Waals surface area (Å²) in [5.74, 6) is -4.51. The summed E-state index contributed by atoms with van der Waals surface area (Å²) in [6.07, 6.45) is 0.466. The molecule has 1 aliphatic heterocycles. The van der Waals surface area contributed by atoms with Crippen LogP contribution in [-0.4, -0.2) is 74.0 Å². The van der Waals surface area contributed by atoms with Gasteiger partial charge in [0.1, 0.15) is 64.7 Å². The van der Waals surface area contributed by atoms with Gasteiger partial charge in [-0.25, -0.2) is 0 Å². The number of carboxylic acids is 2. The minimum atomic E-state index is -1.64. The van der Waals surface area contributed by atoms with Gasteiger partial charge in [-0.05, 0) is 69.7 Å². The van der Waals surface area contributed by atoms with Crippen LogP contribution in [0.15, 0.2) is 97.3 Å². The number of hydrogen-bond donors (Lipinski definition) is 1. The van der Waals surface area contributed by atoms with Crippen LogP contribution >= 0.6 is 0 Å². The van der Waals surface area contributed by atoms with Crippen LogP contribution in [0.2, 0.25) is 0 Å². The Morgan fingerprint density at radius 2 is 1.24 bits per heavy atom. The smallest absolute Gasteiger partial charge is 0.542 e. The maximum Gasteiger partial charge on any atom is 1.00 e. The number of carboxylic acid groups (broad SMARTS) is 2. The van der Waals surface area contributed by atoms with Gasteiger partial charge in [0.15, 0.2) is 22.4 Å². The Morgan fingerprint density at radius 1 is 0.778 bits per heavy atom. The maximum absolute atomic E-state index is 12.4. The molecule has 0 aliphatic carbocycles. The standard InChI is InChI=1S/C23H16O11.C15H21NO2.2Na/c24-11(9-31-14-3-1-5-16-20(14)12(25)7-18(33-16)22(27)28)10-32-15-4-2-6-17-21(15)13(26)8-19(34-17)23(29)30;1-3-18-14(17)15(9-11-16(2)12-10-15)13-7-5-4-6-8-13;;/h1-8,11,24H,9-10H2,(H,27,28)(H,29,30);4-8H,3,9-12H2,1-2H3;;/q;;2*+1/p-2. The number of esters is 1. The van der Waals surface area contributed by atoms with Gasteiger partial charge >= 0.3 is 65.1 Å². The second kappa shape index (κ2) is 20.1. The predicted octanol–water partition coefficient (Wildman–Crippen LogP) is -4.33. The molecule has 0 bridgehead atoms. The Hall–Kier alpha value is -3.99. The summed E-state index contributed by atoms with van der Waals surface area (Å²) < 4.78 is 26.6. The van der Waals surface area contributed by atoms with E-state index in [1.54, 1.807) is 0 Å². The van der Waals surface area contributed by atoms with Crippen LogP contribution in [0.5, 0.6) is 11.5 Å². The molecule has 1 N–H and O–H groups in total. The zero-order chi connectivity index (χ0) is 37.4. The third-order valence-corrected chi connectivity index (χ3v) is 8.53. The summed E-state index contributed by atoms with van der Waals surface area (Å²) >= 11 is 0. The molecule has 2 aromatic heterocycles. The number of benzene rings is 3. The van der Waals surface area contributed by atoms with E-state index in [1.807, 2.05) is 37.3 Å². The average molecular weight is 760 g/mol. The molecule has 1 aliphatic rings. The number of aromatic carboxylic acids is 2. The normalized spacial score (nSPS) is 13.5. The first kappa shape index (κ1) is 44.4. The zero-order valence-corrected chi connectivity index (χ0v) is 34.3. The molecule has 14 nitrogen and oxygen atoms in total. The number of fused-ring (bicyclic) bond motifs is 2. The quantitative estimate of drug-likeness (QED) is 0.0999. The number of ether oxygens (including phenoxy) is 3. The molecule has 1 fully saturated rings. The Labute approximate surface area is 353 Å². The van der Waals surface area contributed by atoms with Crippen LogP contribution < -0.4 is 89.7 Å². The molecule has 16 heteroatoms. The van der Waals surface area contributed by atoms with E-state index in [2.05, 4.69) is 11.9 Å². The number of piperidine rings is 1. The molecule has 0 radical (unpaired) electrons. The second-order valence-electron chi connectivity index (χ2n) is 12.0. The van der Waals surface area contributed by atoms with Gasteiger partial charge in [-0.15, -0.1) is 0 Å². The molecule has 0 unspecified atom stereocenters. The number of aliphatic hydroxyl groups excluding tert-OH is 1. The van der Waals surface area contributed by atoms with E-state index < -0.39 is 45.8 Å². The molecule has 5 aromatic rings. The van der Waals surface area contributed by atoms with Crippen molar-refractivity contribution >= 4 is 39.8 Å². The number of nitrogens with zero attached hydrogens (tertiary/aromatic N) is 1. The van der Waals surface area contributed by atoms with Gasteiger partial charge in [0.25, 0.3) is 0 Å². The van der Waals surface area contributed by atoms with Crippen molar-refractivity contribution in [3.8, 4) is 11.5 Å². The van der Waals surface area contributed by atoms with E-state index in [0.717, 1.165) is 43.6 Å². The molecule has 0 amide bonds. The van der Waals surface area contributed by atoms with E-state index >= 15 is 0 Å². The molecular formula is C38H35NNa2O13. The molecule has 0 spiro atoms. The van der Waals surface area contributed by atoms with Crippen molar-refractivity contribution in [2.75, 3.05) is 40.0 Å². The zero-order valence-electron chi connectivity index (χ0n) is 30.3. The van der Waals surface area contributed by atoms with Gasteiger partial charge in [-0.3, -0.25) is 14.4 Å². The molecule has 6 rings (SSSR count). The van der Waals surface area contributed by atoms with Gasteiger partial charge in [-0.2, -0.15) is 0 Å². The molecule has 3 aromatic carbocycles. The van der Waals surface area contributed by atoms with Crippen LogP contribution in [0.4, 0.5) is 0 Å². The number of carbonyl (C=O) groups excluding carboxylic acids is 3. The van der Waals surface area contributed by atoms with Gasteiger partial charge in [-0.1, -0.05) is 42.5 Å². The Morgan fingerprint density at radius 3 is 1.67 bits per heavy atom. The van der Waals surface area contributed by atoms with Crippen molar-refractivity contribution in [1.29, 1.82) is 0 Å². The van der Waals surface area contributed by atoms with Crippen LogP contribution in [-0.2, 0) is 14.9 Å². The largest absolute Gasteiger partial charge is 1.00 e. The average Bonchev–Trinajstić information content (AvgIpc) is 3.13. The van der Waals surface area contributed by atoms with Crippen LogP contribution in [0.3, 0.4) is 0 Å². The van der Waals surface area contributed by atoms with E-state index in [-0.39, 0.29) is 112 Å². The molecule has 3 heterocycles.